The van der Waals surface area contributed by atoms with Crippen LogP contribution in [-0.4, -0.2) is 49.3 Å². The lowest BCUT2D eigenvalue weighted by molar-refractivity contribution is -0.124. The van der Waals surface area contributed by atoms with Crippen molar-refractivity contribution >= 4 is 23.6 Å². The van der Waals surface area contributed by atoms with Gasteiger partial charge in [0.2, 0.25) is 5.91 Å². The number of hydrogen-bond acceptors (Lipinski definition) is 5. The van der Waals surface area contributed by atoms with E-state index < -0.39 is 6.04 Å². The Morgan fingerprint density at radius 1 is 1.21 bits per heavy atom. The van der Waals surface area contributed by atoms with Crippen molar-refractivity contribution in [3.05, 3.63) is 58.9 Å². The summed E-state index contributed by atoms with van der Waals surface area (Å²) in [7, 11) is 3.03. The molecule has 2 aromatic rings. The van der Waals surface area contributed by atoms with Gasteiger partial charge >= 0.3 is 0 Å². The number of nitrogens with zero attached hydrogens (tertiary/aromatic N) is 1. The van der Waals surface area contributed by atoms with Crippen molar-refractivity contribution in [2.24, 2.45) is 0 Å². The zero-order chi connectivity index (χ0) is 20.5. The second-order valence-electron chi connectivity index (χ2n) is 6.85. The number of fused-ring (bicyclic) bond motifs is 3. The van der Waals surface area contributed by atoms with E-state index in [1.54, 1.807) is 34.9 Å². The first kappa shape index (κ1) is 19.6. The number of benzene rings is 2. The number of thioether (sulfide) groups is 1. The minimum atomic E-state index is -0.547. The molecule has 8 heteroatoms. The minimum absolute atomic E-state index is 0.186. The van der Waals surface area contributed by atoms with E-state index in [4.69, 9.17) is 9.47 Å². The molecule has 29 heavy (non-hydrogen) atoms. The maximum absolute atomic E-state index is 13.1. The van der Waals surface area contributed by atoms with E-state index in [1.165, 1.54) is 26.4 Å². The molecule has 0 bridgehead atoms. The molecule has 0 aromatic heterocycles. The molecule has 2 atom stereocenters. The number of rotatable bonds is 6. The van der Waals surface area contributed by atoms with E-state index in [-0.39, 0.29) is 23.0 Å². The smallest absolute Gasteiger partial charge is 0.260 e. The zero-order valence-electron chi connectivity index (χ0n) is 16.1. The third-order valence-electron chi connectivity index (χ3n) is 5.22. The molecule has 1 fully saturated rings. The van der Waals surface area contributed by atoms with E-state index >= 15 is 0 Å². The van der Waals surface area contributed by atoms with Gasteiger partial charge in [-0.2, -0.15) is 0 Å². The summed E-state index contributed by atoms with van der Waals surface area (Å²) in [5.41, 5.74) is 2.25. The third kappa shape index (κ3) is 3.42. The van der Waals surface area contributed by atoms with Crippen molar-refractivity contribution in [3.8, 4) is 11.5 Å². The SMILES string of the molecule is COc1ccc2c(c1OC)C(=O)N1[C@@H](C(=O)NCCc3ccc(F)cc3)CS[C@@H]21. The molecule has 0 radical (unpaired) electrons. The number of nitrogens with one attached hydrogen (secondary N) is 1. The Kier molecular flexibility index (Phi) is 5.36. The lowest BCUT2D eigenvalue weighted by Crippen LogP contribution is -2.46. The molecule has 0 saturated carbocycles. The quantitative estimate of drug-likeness (QED) is 0.784. The van der Waals surface area contributed by atoms with Crippen LogP contribution in [0.5, 0.6) is 11.5 Å². The Morgan fingerprint density at radius 2 is 1.97 bits per heavy atom. The number of carbonyl (C=O) groups excluding carboxylic acids is 2. The van der Waals surface area contributed by atoms with Crippen LogP contribution >= 0.6 is 11.8 Å². The second kappa shape index (κ2) is 7.94. The first-order valence-corrected chi connectivity index (χ1v) is 10.3. The first-order chi connectivity index (χ1) is 14.0. The van der Waals surface area contributed by atoms with Gasteiger partial charge in [0, 0.05) is 17.9 Å². The number of hydrogen-bond donors (Lipinski definition) is 1. The highest BCUT2D eigenvalue weighted by Crippen LogP contribution is 2.52. The topological polar surface area (TPSA) is 67.9 Å². The molecule has 1 N–H and O–H groups in total. The molecule has 0 unspecified atom stereocenters. The number of ether oxygens (including phenoxy) is 2. The summed E-state index contributed by atoms with van der Waals surface area (Å²) in [6, 6.07) is 9.29. The molecule has 0 aliphatic carbocycles. The Labute approximate surface area is 172 Å². The fraction of sp³-hybridized carbons (Fsp3) is 0.333. The minimum Gasteiger partial charge on any atom is -0.493 e. The van der Waals surface area contributed by atoms with Crippen LogP contribution in [0.25, 0.3) is 0 Å². The number of methoxy groups -OCH3 is 2. The van der Waals surface area contributed by atoms with Gasteiger partial charge in [0.25, 0.3) is 5.91 Å². The van der Waals surface area contributed by atoms with Gasteiger partial charge in [0.1, 0.15) is 17.2 Å². The van der Waals surface area contributed by atoms with Crippen LogP contribution in [0.4, 0.5) is 4.39 Å². The molecule has 6 nitrogen and oxygen atoms in total. The van der Waals surface area contributed by atoms with Crippen LogP contribution in [0.3, 0.4) is 0 Å². The average Bonchev–Trinajstić information content (AvgIpc) is 3.28. The van der Waals surface area contributed by atoms with Crippen molar-refractivity contribution in [1.82, 2.24) is 10.2 Å². The molecule has 2 heterocycles. The van der Waals surface area contributed by atoms with Crippen molar-refractivity contribution in [3.63, 3.8) is 0 Å². The van der Waals surface area contributed by atoms with E-state index in [0.717, 1.165) is 11.1 Å². The number of carbonyl (C=O) groups is 2. The fourth-order valence-electron chi connectivity index (χ4n) is 3.79. The van der Waals surface area contributed by atoms with E-state index in [0.29, 0.717) is 35.8 Å². The molecule has 1 saturated heterocycles. The highest BCUT2D eigenvalue weighted by Gasteiger charge is 2.50. The van der Waals surface area contributed by atoms with Gasteiger partial charge in [0.05, 0.1) is 19.8 Å². The lowest BCUT2D eigenvalue weighted by Gasteiger charge is -2.22. The molecule has 2 aromatic carbocycles. The Morgan fingerprint density at radius 3 is 2.66 bits per heavy atom. The zero-order valence-corrected chi connectivity index (χ0v) is 16.9. The van der Waals surface area contributed by atoms with Crippen LogP contribution in [0.2, 0.25) is 0 Å². The average molecular weight is 416 g/mol. The van der Waals surface area contributed by atoms with Gasteiger partial charge in [-0.15, -0.1) is 11.8 Å². The summed E-state index contributed by atoms with van der Waals surface area (Å²) in [6.07, 6.45) is 0.592. The van der Waals surface area contributed by atoms with Gasteiger partial charge in [-0.25, -0.2) is 4.39 Å². The normalized spacial score (nSPS) is 19.7. The molecule has 0 spiro atoms. The molecule has 2 amide bonds. The molecular formula is C21H21FN2O4S. The van der Waals surface area contributed by atoms with Gasteiger partial charge in [-0.1, -0.05) is 18.2 Å². The highest BCUT2D eigenvalue weighted by molar-refractivity contribution is 7.99. The first-order valence-electron chi connectivity index (χ1n) is 9.26. The van der Waals surface area contributed by atoms with Gasteiger partial charge in [0.15, 0.2) is 11.5 Å². The summed E-state index contributed by atoms with van der Waals surface area (Å²) in [5, 5.41) is 2.70. The maximum atomic E-state index is 13.1. The summed E-state index contributed by atoms with van der Waals surface area (Å²) < 4.78 is 23.7. The monoisotopic (exact) mass is 416 g/mol. The van der Waals surface area contributed by atoms with Crippen molar-refractivity contribution < 1.29 is 23.5 Å². The molecular weight excluding hydrogens is 395 g/mol. The van der Waals surface area contributed by atoms with Gasteiger partial charge in [-0.3, -0.25) is 9.59 Å². The standard InChI is InChI=1S/C21H21FN2O4S/c1-27-16-8-7-14-17(18(16)28-2)20(26)24-15(11-29-21(14)24)19(25)23-10-9-12-3-5-13(22)6-4-12/h3-8,15,21H,9-11H2,1-2H3,(H,23,25)/t15-,21+/m1/s1. The van der Waals surface area contributed by atoms with Crippen LogP contribution in [-0.2, 0) is 11.2 Å². The summed E-state index contributed by atoms with van der Waals surface area (Å²) in [5.74, 6) is 0.739. The van der Waals surface area contributed by atoms with E-state index in [1.807, 2.05) is 6.07 Å². The number of halogens is 1. The molecule has 2 aliphatic rings. The van der Waals surface area contributed by atoms with E-state index in [9.17, 15) is 14.0 Å². The Balaban J connectivity index is 1.46. The van der Waals surface area contributed by atoms with Crippen LogP contribution in [0.15, 0.2) is 36.4 Å². The summed E-state index contributed by atoms with van der Waals surface area (Å²) in [4.78, 5) is 27.5. The predicted octanol–water partition coefficient (Wildman–Crippen LogP) is 2.77. The lowest BCUT2D eigenvalue weighted by atomic mass is 10.1. The molecule has 4 rings (SSSR count). The fourth-order valence-corrected chi connectivity index (χ4v) is 5.25. The second-order valence-corrected chi connectivity index (χ2v) is 7.96. The third-order valence-corrected chi connectivity index (χ3v) is 6.53. The van der Waals surface area contributed by atoms with Gasteiger partial charge < -0.3 is 19.7 Å². The van der Waals surface area contributed by atoms with E-state index in [2.05, 4.69) is 5.32 Å². The Bertz CT molecular complexity index is 950. The van der Waals surface area contributed by atoms with Crippen LogP contribution in [0.1, 0.15) is 26.9 Å². The largest absolute Gasteiger partial charge is 0.493 e. The van der Waals surface area contributed by atoms with Crippen LogP contribution < -0.4 is 14.8 Å². The number of amides is 2. The van der Waals surface area contributed by atoms with Crippen molar-refractivity contribution in [1.29, 1.82) is 0 Å². The highest BCUT2D eigenvalue weighted by atomic mass is 32.2. The Hall–Kier alpha value is -2.74. The van der Waals surface area contributed by atoms with Crippen molar-refractivity contribution in [2.75, 3.05) is 26.5 Å². The molecule has 2 aliphatic heterocycles. The maximum Gasteiger partial charge on any atom is 0.260 e. The molecule has 152 valence electrons. The van der Waals surface area contributed by atoms with Gasteiger partial charge in [-0.05, 0) is 30.2 Å². The summed E-state index contributed by atoms with van der Waals surface area (Å²) in [6.45, 7) is 0.419. The summed E-state index contributed by atoms with van der Waals surface area (Å²) >= 11 is 1.57. The van der Waals surface area contributed by atoms with Crippen molar-refractivity contribution in [2.45, 2.75) is 17.8 Å². The van der Waals surface area contributed by atoms with Crippen LogP contribution in [0, 0.1) is 5.82 Å². The predicted molar refractivity (Wildman–Crippen MR) is 108 cm³/mol.